The summed E-state index contributed by atoms with van der Waals surface area (Å²) >= 11 is 0. The van der Waals surface area contributed by atoms with Gasteiger partial charge in [-0.15, -0.1) is 0 Å². The molecule has 1 saturated carbocycles. The number of rotatable bonds is 5. The summed E-state index contributed by atoms with van der Waals surface area (Å²) in [7, 11) is 0. The summed E-state index contributed by atoms with van der Waals surface area (Å²) < 4.78 is 37.1. The molecule has 1 aliphatic carbocycles. The zero-order valence-corrected chi connectivity index (χ0v) is 10.1. The summed E-state index contributed by atoms with van der Waals surface area (Å²) in [6, 6.07) is 3.04. The Morgan fingerprint density at radius 2 is 2.17 bits per heavy atom. The van der Waals surface area contributed by atoms with Crippen LogP contribution in [0.25, 0.3) is 0 Å². The third kappa shape index (κ3) is 2.79. The van der Waals surface area contributed by atoms with E-state index in [4.69, 9.17) is 9.47 Å². The van der Waals surface area contributed by atoms with Crippen LogP contribution >= 0.6 is 0 Å². The van der Waals surface area contributed by atoms with E-state index in [2.05, 4.69) is 0 Å². The van der Waals surface area contributed by atoms with E-state index in [9.17, 15) is 13.9 Å². The van der Waals surface area contributed by atoms with Gasteiger partial charge in [-0.2, -0.15) is 0 Å². The van der Waals surface area contributed by atoms with E-state index in [-0.39, 0.29) is 5.75 Å². The molecule has 3 unspecified atom stereocenters. The van der Waals surface area contributed by atoms with Crippen LogP contribution in [0.3, 0.4) is 0 Å². The molecular weight excluding hydrogens is 242 g/mol. The highest BCUT2D eigenvalue weighted by atomic mass is 19.1. The second kappa shape index (κ2) is 5.63. The summed E-state index contributed by atoms with van der Waals surface area (Å²) in [6.45, 7) is 2.46. The number of hydrogen-bond acceptors (Lipinski definition) is 3. The lowest BCUT2D eigenvalue weighted by molar-refractivity contribution is -0.163. The molecule has 1 N–H and O–H groups in total. The number of halogens is 2. The van der Waals surface area contributed by atoms with Crippen LogP contribution in [0.1, 0.15) is 19.8 Å². The molecule has 0 aliphatic heterocycles. The molecule has 1 aromatic carbocycles. The number of ether oxygens (including phenoxy) is 2. The normalized spacial score (nSPS) is 26.8. The zero-order valence-electron chi connectivity index (χ0n) is 10.1. The van der Waals surface area contributed by atoms with Gasteiger partial charge in [0, 0.05) is 19.1 Å². The molecule has 0 aromatic heterocycles. The lowest BCUT2D eigenvalue weighted by Gasteiger charge is -2.40. The van der Waals surface area contributed by atoms with Crippen LogP contribution in [0.5, 0.6) is 5.75 Å². The van der Waals surface area contributed by atoms with E-state index in [0.717, 1.165) is 24.6 Å². The van der Waals surface area contributed by atoms with Crippen molar-refractivity contribution in [2.45, 2.75) is 38.1 Å². The molecule has 1 aliphatic rings. The van der Waals surface area contributed by atoms with Crippen LogP contribution in [-0.4, -0.2) is 30.0 Å². The number of hydrogen-bond donors (Lipinski definition) is 1. The molecule has 0 bridgehead atoms. The Morgan fingerprint density at radius 3 is 2.83 bits per heavy atom. The lowest BCUT2D eigenvalue weighted by atomic mass is 9.88. The second-order valence-corrected chi connectivity index (χ2v) is 4.37. The highest BCUT2D eigenvalue weighted by molar-refractivity contribution is 5.25. The van der Waals surface area contributed by atoms with Crippen LogP contribution in [0.4, 0.5) is 8.78 Å². The van der Waals surface area contributed by atoms with Crippen molar-refractivity contribution in [2.75, 3.05) is 6.61 Å². The molecule has 3 nitrogen and oxygen atoms in total. The maximum atomic E-state index is 13.4. The third-order valence-electron chi connectivity index (χ3n) is 2.91. The summed E-state index contributed by atoms with van der Waals surface area (Å²) in [6.07, 6.45) is -0.303. The highest BCUT2D eigenvalue weighted by Crippen LogP contribution is 2.30. The van der Waals surface area contributed by atoms with Gasteiger partial charge in [-0.3, -0.25) is 0 Å². The van der Waals surface area contributed by atoms with Crippen LogP contribution < -0.4 is 4.74 Å². The van der Waals surface area contributed by atoms with E-state index in [1.165, 1.54) is 0 Å². The minimum Gasteiger partial charge on any atom is -0.484 e. The largest absolute Gasteiger partial charge is 0.484 e. The van der Waals surface area contributed by atoms with Crippen molar-refractivity contribution in [3.63, 3.8) is 0 Å². The first-order valence-corrected chi connectivity index (χ1v) is 6.03. The Labute approximate surface area is 104 Å². The molecule has 0 amide bonds. The van der Waals surface area contributed by atoms with Gasteiger partial charge in [0.2, 0.25) is 0 Å². The molecule has 100 valence electrons. The molecule has 1 aromatic rings. The molecule has 0 saturated heterocycles. The molecule has 1 fully saturated rings. The van der Waals surface area contributed by atoms with Crippen LogP contribution in [0, 0.1) is 11.6 Å². The Morgan fingerprint density at radius 1 is 1.39 bits per heavy atom. The van der Waals surface area contributed by atoms with Gasteiger partial charge in [-0.25, -0.2) is 8.78 Å². The molecule has 2 rings (SSSR count). The molecule has 0 radical (unpaired) electrons. The fourth-order valence-corrected chi connectivity index (χ4v) is 1.88. The predicted molar refractivity (Wildman–Crippen MR) is 61.4 cm³/mol. The predicted octanol–water partition coefficient (Wildman–Crippen LogP) is 2.27. The van der Waals surface area contributed by atoms with Gasteiger partial charge in [0.1, 0.15) is 18.0 Å². The number of benzene rings is 1. The Balaban J connectivity index is 1.98. The summed E-state index contributed by atoms with van der Waals surface area (Å²) in [5.74, 6) is -1.32. The monoisotopic (exact) mass is 258 g/mol. The molecule has 0 spiro atoms. The standard InChI is InChI=1S/C13H16F2O3/c1-2-5-17-13-10(16)7-12(13)18-11-6-8(14)3-4-9(11)15/h3-4,6,10,12-13,16H,2,5,7H2,1H3. The van der Waals surface area contributed by atoms with Gasteiger partial charge in [0.05, 0.1) is 6.10 Å². The molecule has 3 atom stereocenters. The SMILES string of the molecule is CCCOC1C(O)CC1Oc1cc(F)ccc1F. The average molecular weight is 258 g/mol. The third-order valence-corrected chi connectivity index (χ3v) is 2.91. The van der Waals surface area contributed by atoms with Gasteiger partial charge in [-0.05, 0) is 18.6 Å². The molecular formula is C13H16F2O3. The van der Waals surface area contributed by atoms with E-state index in [0.29, 0.717) is 13.0 Å². The Bertz CT molecular complexity index is 411. The summed E-state index contributed by atoms with van der Waals surface area (Å²) in [4.78, 5) is 0. The molecule has 0 heterocycles. The summed E-state index contributed by atoms with van der Waals surface area (Å²) in [5.41, 5.74) is 0. The van der Waals surface area contributed by atoms with Crippen molar-refractivity contribution in [3.05, 3.63) is 29.8 Å². The highest BCUT2D eigenvalue weighted by Gasteiger charge is 2.43. The second-order valence-electron chi connectivity index (χ2n) is 4.37. The number of aliphatic hydroxyl groups excluding tert-OH is 1. The van der Waals surface area contributed by atoms with Gasteiger partial charge in [0.15, 0.2) is 11.6 Å². The van der Waals surface area contributed by atoms with E-state index in [1.807, 2.05) is 6.92 Å². The van der Waals surface area contributed by atoms with Crippen LogP contribution in [-0.2, 0) is 4.74 Å². The van der Waals surface area contributed by atoms with Crippen LogP contribution in [0.15, 0.2) is 18.2 Å². The van der Waals surface area contributed by atoms with Crippen molar-refractivity contribution in [1.82, 2.24) is 0 Å². The first kappa shape index (κ1) is 13.2. The average Bonchev–Trinajstić information content (AvgIpc) is 2.33. The van der Waals surface area contributed by atoms with E-state index in [1.54, 1.807) is 0 Å². The van der Waals surface area contributed by atoms with Gasteiger partial charge < -0.3 is 14.6 Å². The van der Waals surface area contributed by atoms with Crippen LogP contribution in [0.2, 0.25) is 0 Å². The van der Waals surface area contributed by atoms with E-state index < -0.39 is 29.9 Å². The maximum Gasteiger partial charge on any atom is 0.165 e. The van der Waals surface area contributed by atoms with Gasteiger partial charge in [0.25, 0.3) is 0 Å². The van der Waals surface area contributed by atoms with Gasteiger partial charge in [-0.1, -0.05) is 6.92 Å². The lowest BCUT2D eigenvalue weighted by Crippen LogP contribution is -2.55. The first-order valence-electron chi connectivity index (χ1n) is 6.03. The van der Waals surface area contributed by atoms with Crippen molar-refractivity contribution in [1.29, 1.82) is 0 Å². The first-order chi connectivity index (χ1) is 8.61. The fourth-order valence-electron chi connectivity index (χ4n) is 1.88. The Hall–Kier alpha value is -1.20. The van der Waals surface area contributed by atoms with E-state index >= 15 is 0 Å². The topological polar surface area (TPSA) is 38.7 Å². The molecule has 18 heavy (non-hydrogen) atoms. The van der Waals surface area contributed by atoms with Gasteiger partial charge >= 0.3 is 0 Å². The minimum absolute atomic E-state index is 0.142. The maximum absolute atomic E-state index is 13.4. The quantitative estimate of drug-likeness (QED) is 0.880. The zero-order chi connectivity index (χ0) is 13.1. The van der Waals surface area contributed by atoms with Crippen molar-refractivity contribution < 1.29 is 23.4 Å². The summed E-state index contributed by atoms with van der Waals surface area (Å²) in [5, 5.41) is 9.53. The smallest absolute Gasteiger partial charge is 0.165 e. The van der Waals surface area contributed by atoms with Crippen molar-refractivity contribution >= 4 is 0 Å². The minimum atomic E-state index is -0.618. The van der Waals surface area contributed by atoms with Crippen molar-refractivity contribution in [3.8, 4) is 5.75 Å². The Kier molecular flexibility index (Phi) is 4.14. The van der Waals surface area contributed by atoms with Crippen molar-refractivity contribution in [2.24, 2.45) is 0 Å². The molecule has 5 heteroatoms. The number of aliphatic hydroxyl groups is 1. The fraction of sp³-hybridized carbons (Fsp3) is 0.538.